The van der Waals surface area contributed by atoms with Gasteiger partial charge in [0.1, 0.15) is 0 Å². The zero-order valence-electron chi connectivity index (χ0n) is 26.0. The third kappa shape index (κ3) is 4.51. The van der Waals surface area contributed by atoms with E-state index in [1.165, 1.54) is 54.6 Å². The van der Waals surface area contributed by atoms with Crippen LogP contribution in [0.4, 0.5) is 11.4 Å². The Morgan fingerprint density at radius 1 is 0.596 bits per heavy atom. The van der Waals surface area contributed by atoms with E-state index < -0.39 is 0 Å². The molecule has 1 unspecified atom stereocenters. The van der Waals surface area contributed by atoms with E-state index in [1.54, 1.807) is 0 Å². The Morgan fingerprint density at radius 2 is 1.34 bits per heavy atom. The smallest absolute Gasteiger partial charge is 0.196 e. The van der Waals surface area contributed by atoms with Gasteiger partial charge < -0.3 is 15.8 Å². The van der Waals surface area contributed by atoms with Crippen LogP contribution in [0.15, 0.2) is 146 Å². The summed E-state index contributed by atoms with van der Waals surface area (Å²) in [6, 6.07) is 50.2. The Kier molecular flexibility index (Phi) is 6.26. The molecule has 3 N–H and O–H groups in total. The van der Waals surface area contributed by atoms with Crippen LogP contribution in [0.1, 0.15) is 24.3 Å². The van der Waals surface area contributed by atoms with Crippen LogP contribution in [0, 0.1) is 0 Å². The van der Waals surface area contributed by atoms with E-state index in [1.807, 2.05) is 31.2 Å². The van der Waals surface area contributed by atoms with Crippen molar-refractivity contribution in [2.24, 2.45) is 0 Å². The molecule has 1 heterocycles. The van der Waals surface area contributed by atoms with Gasteiger partial charge >= 0.3 is 0 Å². The van der Waals surface area contributed by atoms with E-state index in [4.69, 9.17) is 10.5 Å². The summed E-state index contributed by atoms with van der Waals surface area (Å²) in [6.45, 7) is 2.00. The molecule has 224 valence electrons. The largest absolute Gasteiger partial charge is 0.464 e. The first-order valence-corrected chi connectivity index (χ1v) is 16.1. The van der Waals surface area contributed by atoms with Crippen LogP contribution in [0.5, 0.6) is 5.75 Å². The van der Waals surface area contributed by atoms with Crippen LogP contribution in [0.25, 0.3) is 71.4 Å². The van der Waals surface area contributed by atoms with Gasteiger partial charge in [0.15, 0.2) is 12.0 Å². The lowest BCUT2D eigenvalue weighted by Gasteiger charge is -2.14. The van der Waals surface area contributed by atoms with Gasteiger partial charge in [-0.1, -0.05) is 115 Å². The minimum Gasteiger partial charge on any atom is -0.464 e. The van der Waals surface area contributed by atoms with E-state index in [0.29, 0.717) is 0 Å². The Bertz CT molecular complexity index is 2560. The summed E-state index contributed by atoms with van der Waals surface area (Å²) in [7, 11) is 0. The Morgan fingerprint density at radius 3 is 2.23 bits per heavy atom. The van der Waals surface area contributed by atoms with Gasteiger partial charge in [-0.15, -0.1) is 0 Å². The molecule has 8 aromatic carbocycles. The van der Waals surface area contributed by atoms with Crippen LogP contribution in [-0.2, 0) is 0 Å². The van der Waals surface area contributed by atoms with Crippen LogP contribution < -0.4 is 15.8 Å². The Balaban J connectivity index is 1.12. The monoisotopic (exact) mass is 604 g/mol. The summed E-state index contributed by atoms with van der Waals surface area (Å²) in [6.07, 6.45) is 3.74. The number of allylic oxidation sites excluding steroid dienone is 1. The zero-order valence-corrected chi connectivity index (χ0v) is 26.0. The van der Waals surface area contributed by atoms with Crippen molar-refractivity contribution in [1.29, 1.82) is 0 Å². The molecule has 0 fully saturated rings. The van der Waals surface area contributed by atoms with Crippen LogP contribution >= 0.6 is 0 Å². The third-order valence-corrected chi connectivity index (χ3v) is 9.51. The second-order valence-corrected chi connectivity index (χ2v) is 12.3. The third-order valence-electron chi connectivity index (χ3n) is 9.51. The minimum atomic E-state index is -0.288. The fourth-order valence-electron chi connectivity index (χ4n) is 7.22. The highest BCUT2D eigenvalue weighted by Gasteiger charge is 2.26. The highest BCUT2D eigenvalue weighted by atomic mass is 16.5. The Hall–Kier alpha value is -6.06. The van der Waals surface area contributed by atoms with Gasteiger partial charge in [0.05, 0.1) is 5.69 Å². The molecule has 1 aliphatic rings. The number of hydrogen-bond donors (Lipinski definition) is 2. The Labute approximate surface area is 273 Å². The van der Waals surface area contributed by atoms with Gasteiger partial charge in [-0.2, -0.15) is 0 Å². The van der Waals surface area contributed by atoms with Gasteiger partial charge in [-0.3, -0.25) is 0 Å². The van der Waals surface area contributed by atoms with Gasteiger partial charge in [-0.25, -0.2) is 0 Å². The molecule has 3 heteroatoms. The number of nitrogens with two attached hydrogens (primary N) is 1. The maximum atomic E-state index is 6.66. The number of fused-ring (bicyclic) bond motifs is 8. The van der Waals surface area contributed by atoms with Crippen molar-refractivity contribution in [3.63, 3.8) is 0 Å². The summed E-state index contributed by atoms with van der Waals surface area (Å²) in [4.78, 5) is 0. The lowest BCUT2D eigenvalue weighted by molar-refractivity contribution is 0.263. The SMILES string of the molecule is C/C=C\c1cc(C2Nc3ccc4ccc5cc(-c6cccc(-c7cc8ccccc8c8ccccc78)c6)ccc5c4c3O2)ccc1N. The zero-order chi connectivity index (χ0) is 31.5. The van der Waals surface area contributed by atoms with Crippen molar-refractivity contribution >= 4 is 60.5 Å². The van der Waals surface area contributed by atoms with E-state index in [-0.39, 0.29) is 6.23 Å². The van der Waals surface area contributed by atoms with Crippen molar-refractivity contribution in [3.05, 3.63) is 157 Å². The summed E-state index contributed by atoms with van der Waals surface area (Å²) in [5, 5.41) is 13.3. The quantitative estimate of drug-likeness (QED) is 0.155. The first-order chi connectivity index (χ1) is 23.1. The first-order valence-electron chi connectivity index (χ1n) is 16.1. The number of nitrogens with one attached hydrogen (secondary N) is 1. The van der Waals surface area contributed by atoms with Gasteiger partial charge in [0.2, 0.25) is 0 Å². The summed E-state index contributed by atoms with van der Waals surface area (Å²) in [5.74, 6) is 0.889. The molecule has 3 nitrogen and oxygen atoms in total. The average molecular weight is 605 g/mol. The van der Waals surface area contributed by atoms with Crippen molar-refractivity contribution in [3.8, 4) is 28.0 Å². The fourth-order valence-corrected chi connectivity index (χ4v) is 7.22. The second kappa shape index (κ2) is 10.8. The second-order valence-electron chi connectivity index (χ2n) is 12.3. The standard InChI is InChI=1S/C44H32N2O/c1-2-8-33-25-34(18-21-40(33)45)44-46-41-22-19-27-15-16-32-24-29(17-20-36(32)42(27)43(41)47-44)28-10-7-11-30(23-28)39-26-31-9-3-4-12-35(31)37-13-5-6-14-38(37)39/h2-26,44,46H,45H2,1H3/b8-2-. The van der Waals surface area contributed by atoms with Crippen LogP contribution in [0.3, 0.4) is 0 Å². The molecule has 0 saturated heterocycles. The number of hydrogen-bond acceptors (Lipinski definition) is 3. The van der Waals surface area contributed by atoms with Gasteiger partial charge in [-0.05, 0) is 109 Å². The van der Waals surface area contributed by atoms with Crippen molar-refractivity contribution < 1.29 is 4.74 Å². The topological polar surface area (TPSA) is 47.3 Å². The molecule has 0 spiro atoms. The molecule has 9 rings (SSSR count). The molecule has 1 atom stereocenters. The van der Waals surface area contributed by atoms with Gasteiger partial charge in [0.25, 0.3) is 0 Å². The molecule has 8 aromatic rings. The number of benzene rings is 8. The van der Waals surface area contributed by atoms with Crippen molar-refractivity contribution in [2.45, 2.75) is 13.2 Å². The van der Waals surface area contributed by atoms with Gasteiger partial charge in [0, 0.05) is 16.6 Å². The summed E-state index contributed by atoms with van der Waals surface area (Å²) < 4.78 is 6.66. The predicted molar refractivity (Wildman–Crippen MR) is 200 cm³/mol. The fraction of sp³-hybridized carbons (Fsp3) is 0.0455. The lowest BCUT2D eigenvalue weighted by Crippen LogP contribution is -2.10. The summed E-state index contributed by atoms with van der Waals surface area (Å²) >= 11 is 0. The highest BCUT2D eigenvalue weighted by molar-refractivity contribution is 6.15. The molecular weight excluding hydrogens is 572 g/mol. The van der Waals surface area contributed by atoms with Crippen LogP contribution in [0.2, 0.25) is 0 Å². The van der Waals surface area contributed by atoms with Crippen molar-refractivity contribution in [1.82, 2.24) is 0 Å². The molecule has 0 amide bonds. The highest BCUT2D eigenvalue weighted by Crippen LogP contribution is 2.46. The van der Waals surface area contributed by atoms with E-state index in [0.717, 1.165) is 39.0 Å². The lowest BCUT2D eigenvalue weighted by atomic mass is 9.91. The maximum absolute atomic E-state index is 6.66. The normalized spacial score (nSPS) is 14.2. The molecule has 0 aliphatic carbocycles. The summed E-state index contributed by atoms with van der Waals surface area (Å²) in [5.41, 5.74) is 14.8. The predicted octanol–water partition coefficient (Wildman–Crippen LogP) is 11.8. The van der Waals surface area contributed by atoms with E-state index in [2.05, 4.69) is 133 Å². The van der Waals surface area contributed by atoms with Crippen molar-refractivity contribution in [2.75, 3.05) is 11.1 Å². The molecule has 1 aliphatic heterocycles. The molecule has 0 aromatic heterocycles. The first kappa shape index (κ1) is 27.3. The number of nitrogen functional groups attached to an aromatic ring is 1. The average Bonchev–Trinajstić information content (AvgIpc) is 3.57. The van der Waals surface area contributed by atoms with E-state index >= 15 is 0 Å². The van der Waals surface area contributed by atoms with E-state index in [9.17, 15) is 0 Å². The number of ether oxygens (including phenoxy) is 1. The molecule has 47 heavy (non-hydrogen) atoms. The molecule has 0 radical (unpaired) electrons. The molecule has 0 bridgehead atoms. The molecule has 0 saturated carbocycles. The maximum Gasteiger partial charge on any atom is 0.196 e. The van der Waals surface area contributed by atoms with Crippen LogP contribution in [-0.4, -0.2) is 0 Å². The number of rotatable bonds is 4. The minimum absolute atomic E-state index is 0.288. The molecular formula is C44H32N2O. The number of anilines is 2.